The normalized spacial score (nSPS) is 12.5. The van der Waals surface area contributed by atoms with Crippen molar-refractivity contribution in [3.63, 3.8) is 0 Å². The van der Waals surface area contributed by atoms with Crippen molar-refractivity contribution in [1.82, 2.24) is 5.32 Å². The van der Waals surface area contributed by atoms with E-state index in [1.807, 2.05) is 0 Å². The van der Waals surface area contributed by atoms with Gasteiger partial charge in [0, 0.05) is 0 Å². The number of esters is 1. The van der Waals surface area contributed by atoms with Crippen LogP contribution in [0.25, 0.3) is 0 Å². The molecule has 0 aromatic carbocycles. The van der Waals surface area contributed by atoms with Crippen LogP contribution in [0.1, 0.15) is 0 Å². The van der Waals surface area contributed by atoms with Gasteiger partial charge in [-0.1, -0.05) is 6.08 Å². The maximum atomic E-state index is 11.2. The summed E-state index contributed by atoms with van der Waals surface area (Å²) in [6.45, 7) is -0.117. The highest BCUT2D eigenvalue weighted by Crippen LogP contribution is 2.00. The maximum Gasteiger partial charge on any atom is 0.325 e. The first-order chi connectivity index (χ1) is 6.24. The summed E-state index contributed by atoms with van der Waals surface area (Å²) in [6, 6.07) is 0. The SMILES string of the molecule is COC(=O)CNC(=O)C1=C=CC=C1. The number of hydrogen-bond donors (Lipinski definition) is 1. The third-order valence-electron chi connectivity index (χ3n) is 1.46. The highest BCUT2D eigenvalue weighted by atomic mass is 16.5. The minimum atomic E-state index is -0.472. The van der Waals surface area contributed by atoms with Gasteiger partial charge in [0.2, 0.25) is 0 Å². The first-order valence-electron chi connectivity index (χ1n) is 3.72. The quantitative estimate of drug-likeness (QED) is 0.487. The fourth-order valence-corrected chi connectivity index (χ4v) is 0.791. The van der Waals surface area contributed by atoms with Crippen LogP contribution in [0, 0.1) is 0 Å². The molecule has 0 aliphatic heterocycles. The molecule has 4 heteroatoms. The van der Waals surface area contributed by atoms with Gasteiger partial charge >= 0.3 is 5.97 Å². The van der Waals surface area contributed by atoms with E-state index in [1.165, 1.54) is 7.11 Å². The Bertz CT molecular complexity index is 322. The molecule has 0 saturated heterocycles. The van der Waals surface area contributed by atoms with E-state index in [9.17, 15) is 9.59 Å². The first kappa shape index (κ1) is 9.29. The van der Waals surface area contributed by atoms with Gasteiger partial charge in [0.1, 0.15) is 6.54 Å². The molecule has 0 unspecified atom stereocenters. The number of amides is 1. The molecule has 0 heterocycles. The number of allylic oxidation sites excluding steroid dienone is 1. The van der Waals surface area contributed by atoms with Crippen LogP contribution in [-0.2, 0) is 14.3 Å². The lowest BCUT2D eigenvalue weighted by molar-refractivity contribution is -0.140. The first-order valence-corrected chi connectivity index (χ1v) is 3.72. The van der Waals surface area contributed by atoms with Crippen LogP contribution in [0.5, 0.6) is 0 Å². The topological polar surface area (TPSA) is 55.4 Å². The number of rotatable bonds is 3. The third kappa shape index (κ3) is 2.61. The molecule has 0 radical (unpaired) electrons. The van der Waals surface area contributed by atoms with Gasteiger partial charge in [0.05, 0.1) is 12.7 Å². The Labute approximate surface area is 75.6 Å². The number of nitrogens with one attached hydrogen (secondary N) is 1. The number of methoxy groups -OCH3 is 1. The van der Waals surface area contributed by atoms with Gasteiger partial charge in [0.25, 0.3) is 5.91 Å². The van der Waals surface area contributed by atoms with Crippen LogP contribution in [0.3, 0.4) is 0 Å². The van der Waals surface area contributed by atoms with Crippen molar-refractivity contribution in [2.75, 3.05) is 13.7 Å². The molecule has 0 aromatic heterocycles. The Morgan fingerprint density at radius 2 is 2.38 bits per heavy atom. The van der Waals surface area contributed by atoms with Gasteiger partial charge in [-0.05, 0) is 12.2 Å². The molecule has 13 heavy (non-hydrogen) atoms. The van der Waals surface area contributed by atoms with Crippen LogP contribution in [0.4, 0.5) is 0 Å². The second-order valence-corrected chi connectivity index (χ2v) is 2.34. The molecule has 0 fully saturated rings. The lowest BCUT2D eigenvalue weighted by Crippen LogP contribution is -2.30. The Balaban J connectivity index is 2.39. The molecule has 1 rings (SSSR count). The standard InChI is InChI=1S/C9H9NO3/c1-13-8(11)6-10-9(12)7-4-2-3-5-7/h2-4H,6H2,1H3,(H,10,12). The van der Waals surface area contributed by atoms with Gasteiger partial charge < -0.3 is 10.1 Å². The van der Waals surface area contributed by atoms with Crippen LogP contribution in [-0.4, -0.2) is 25.5 Å². The van der Waals surface area contributed by atoms with E-state index in [0.717, 1.165) is 0 Å². The molecular formula is C9H9NO3. The summed E-state index contributed by atoms with van der Waals surface area (Å²) in [7, 11) is 1.27. The van der Waals surface area contributed by atoms with Crippen molar-refractivity contribution >= 4 is 11.9 Å². The lowest BCUT2D eigenvalue weighted by atomic mass is 10.3. The lowest BCUT2D eigenvalue weighted by Gasteiger charge is -2.01. The average molecular weight is 179 g/mol. The van der Waals surface area contributed by atoms with Gasteiger partial charge in [0.15, 0.2) is 0 Å². The molecular weight excluding hydrogens is 170 g/mol. The van der Waals surface area contributed by atoms with E-state index in [1.54, 1.807) is 18.2 Å². The van der Waals surface area contributed by atoms with Gasteiger partial charge in [-0.3, -0.25) is 9.59 Å². The second-order valence-electron chi connectivity index (χ2n) is 2.34. The maximum absolute atomic E-state index is 11.2. The zero-order chi connectivity index (χ0) is 9.68. The van der Waals surface area contributed by atoms with E-state index in [4.69, 9.17) is 0 Å². The van der Waals surface area contributed by atoms with Gasteiger partial charge in [-0.15, -0.1) is 5.73 Å². The van der Waals surface area contributed by atoms with Crippen LogP contribution >= 0.6 is 0 Å². The highest BCUT2D eigenvalue weighted by Gasteiger charge is 2.08. The number of ether oxygens (including phenoxy) is 1. The summed E-state index contributed by atoms with van der Waals surface area (Å²) in [6.07, 6.45) is 4.95. The number of carbonyl (C=O) groups excluding carboxylic acids is 2. The molecule has 0 atom stereocenters. The molecule has 1 amide bonds. The molecule has 0 spiro atoms. The molecule has 0 bridgehead atoms. The van der Waals surface area contributed by atoms with Gasteiger partial charge in [-0.25, -0.2) is 0 Å². The summed E-state index contributed by atoms with van der Waals surface area (Å²) in [4.78, 5) is 21.8. The van der Waals surface area contributed by atoms with E-state index in [0.29, 0.717) is 5.57 Å². The van der Waals surface area contributed by atoms with Crippen molar-refractivity contribution in [3.05, 3.63) is 29.5 Å². The molecule has 4 nitrogen and oxygen atoms in total. The van der Waals surface area contributed by atoms with E-state index >= 15 is 0 Å². The summed E-state index contributed by atoms with van der Waals surface area (Å²) >= 11 is 0. The number of carbonyl (C=O) groups is 2. The largest absolute Gasteiger partial charge is 0.468 e. The smallest absolute Gasteiger partial charge is 0.325 e. The van der Waals surface area contributed by atoms with Crippen LogP contribution in [0.15, 0.2) is 29.5 Å². The Morgan fingerprint density at radius 3 is 2.92 bits per heavy atom. The van der Waals surface area contributed by atoms with Crippen LogP contribution < -0.4 is 5.32 Å². The minimum absolute atomic E-state index is 0.117. The van der Waals surface area contributed by atoms with Crippen molar-refractivity contribution in [2.24, 2.45) is 0 Å². The molecule has 1 aliphatic rings. The van der Waals surface area contributed by atoms with Crippen molar-refractivity contribution in [1.29, 1.82) is 0 Å². The average Bonchev–Trinajstić information content (AvgIpc) is 2.66. The number of hydrogen-bond acceptors (Lipinski definition) is 3. The minimum Gasteiger partial charge on any atom is -0.468 e. The predicted octanol–water partition coefficient (Wildman–Crippen LogP) is -0.0731. The summed E-state index contributed by atoms with van der Waals surface area (Å²) in [5, 5.41) is 2.39. The Kier molecular flexibility index (Phi) is 3.06. The van der Waals surface area contributed by atoms with E-state index in [-0.39, 0.29) is 12.5 Å². The monoisotopic (exact) mass is 179 g/mol. The van der Waals surface area contributed by atoms with Gasteiger partial charge in [-0.2, -0.15) is 0 Å². The molecule has 1 N–H and O–H groups in total. The highest BCUT2D eigenvalue weighted by molar-refractivity contribution is 5.98. The van der Waals surface area contributed by atoms with Crippen molar-refractivity contribution in [2.45, 2.75) is 0 Å². The van der Waals surface area contributed by atoms with E-state index < -0.39 is 5.97 Å². The zero-order valence-corrected chi connectivity index (χ0v) is 7.16. The summed E-state index contributed by atoms with van der Waals surface area (Å²) in [5.74, 6) is -0.796. The third-order valence-corrected chi connectivity index (χ3v) is 1.46. The van der Waals surface area contributed by atoms with Crippen LogP contribution in [0.2, 0.25) is 0 Å². The predicted molar refractivity (Wildman–Crippen MR) is 45.8 cm³/mol. The molecule has 1 aliphatic carbocycles. The Hall–Kier alpha value is -1.80. The molecule has 0 saturated carbocycles. The van der Waals surface area contributed by atoms with E-state index in [2.05, 4.69) is 15.8 Å². The van der Waals surface area contributed by atoms with Crippen molar-refractivity contribution in [3.8, 4) is 0 Å². The van der Waals surface area contributed by atoms with Crippen molar-refractivity contribution < 1.29 is 14.3 Å². The molecule has 0 aromatic rings. The zero-order valence-electron chi connectivity index (χ0n) is 7.16. The second kappa shape index (κ2) is 4.28. The fourth-order valence-electron chi connectivity index (χ4n) is 0.791. The Morgan fingerprint density at radius 1 is 1.62 bits per heavy atom. The molecule has 68 valence electrons. The summed E-state index contributed by atoms with van der Waals surface area (Å²) in [5.41, 5.74) is 3.13. The fraction of sp³-hybridized carbons (Fsp3) is 0.222. The summed E-state index contributed by atoms with van der Waals surface area (Å²) < 4.78 is 4.35.